The Balaban J connectivity index is 1.34. The van der Waals surface area contributed by atoms with Crippen molar-refractivity contribution in [1.82, 2.24) is 20.0 Å². The van der Waals surface area contributed by atoms with Crippen molar-refractivity contribution in [3.63, 3.8) is 0 Å². The Hall–Kier alpha value is -3.85. The maximum atomic E-state index is 12.4. The highest BCUT2D eigenvalue weighted by Gasteiger charge is 2.10. The fourth-order valence-corrected chi connectivity index (χ4v) is 3.60. The van der Waals surface area contributed by atoms with Gasteiger partial charge in [0.25, 0.3) is 0 Å². The van der Waals surface area contributed by atoms with Crippen molar-refractivity contribution in [3.05, 3.63) is 73.1 Å². The first-order chi connectivity index (χ1) is 15.7. The number of hydrogen-bond donors (Lipinski definition) is 1. The molecule has 2 aromatic carbocycles. The molecule has 9 heteroatoms. The Morgan fingerprint density at radius 2 is 1.88 bits per heavy atom. The molecule has 0 atom stereocenters. The van der Waals surface area contributed by atoms with Crippen molar-refractivity contribution in [1.29, 1.82) is 0 Å². The van der Waals surface area contributed by atoms with Crippen molar-refractivity contribution < 1.29 is 14.3 Å². The van der Waals surface area contributed by atoms with Gasteiger partial charge in [-0.05, 0) is 42.5 Å². The molecular formula is C23H21N5O3S. The maximum absolute atomic E-state index is 12.4. The quantitative estimate of drug-likeness (QED) is 0.407. The Morgan fingerprint density at radius 1 is 1.03 bits per heavy atom. The van der Waals surface area contributed by atoms with Gasteiger partial charge in [0.05, 0.1) is 37.0 Å². The third-order valence-electron chi connectivity index (χ3n) is 4.61. The van der Waals surface area contributed by atoms with E-state index in [1.54, 1.807) is 43.3 Å². The second kappa shape index (κ2) is 9.97. The third-order valence-corrected chi connectivity index (χ3v) is 5.53. The topological polar surface area (TPSA) is 91.2 Å². The SMILES string of the molecule is COc1ccc(NC(=O)CSc2ccc(-c3ccc(-n4cccn4)cc3)nn2)c(OC)c1. The van der Waals surface area contributed by atoms with Crippen molar-refractivity contribution in [2.45, 2.75) is 5.03 Å². The molecule has 0 aliphatic heterocycles. The van der Waals surface area contributed by atoms with Gasteiger partial charge >= 0.3 is 0 Å². The van der Waals surface area contributed by atoms with Gasteiger partial charge in [-0.15, -0.1) is 10.2 Å². The van der Waals surface area contributed by atoms with Crippen LogP contribution >= 0.6 is 11.8 Å². The number of aromatic nitrogens is 4. The van der Waals surface area contributed by atoms with Crippen molar-refractivity contribution in [3.8, 4) is 28.4 Å². The minimum Gasteiger partial charge on any atom is -0.497 e. The van der Waals surface area contributed by atoms with E-state index in [2.05, 4.69) is 20.6 Å². The molecule has 0 saturated carbocycles. The van der Waals surface area contributed by atoms with E-state index in [0.29, 0.717) is 22.2 Å². The van der Waals surface area contributed by atoms with E-state index in [9.17, 15) is 4.79 Å². The summed E-state index contributed by atoms with van der Waals surface area (Å²) in [5, 5.41) is 16.3. The van der Waals surface area contributed by atoms with E-state index in [0.717, 1.165) is 16.9 Å². The first-order valence-corrected chi connectivity index (χ1v) is 10.7. The second-order valence-corrected chi connectivity index (χ2v) is 7.65. The van der Waals surface area contributed by atoms with Gasteiger partial charge < -0.3 is 14.8 Å². The molecule has 0 fully saturated rings. The van der Waals surface area contributed by atoms with Crippen LogP contribution in [0.25, 0.3) is 16.9 Å². The third kappa shape index (κ3) is 5.06. The van der Waals surface area contributed by atoms with Gasteiger partial charge in [-0.3, -0.25) is 4.79 Å². The molecule has 4 aromatic rings. The van der Waals surface area contributed by atoms with E-state index < -0.39 is 0 Å². The largest absolute Gasteiger partial charge is 0.497 e. The average molecular weight is 448 g/mol. The summed E-state index contributed by atoms with van der Waals surface area (Å²) in [5.41, 5.74) is 3.26. The Morgan fingerprint density at radius 3 is 2.53 bits per heavy atom. The summed E-state index contributed by atoms with van der Waals surface area (Å²) in [6.07, 6.45) is 3.63. The monoisotopic (exact) mass is 447 g/mol. The van der Waals surface area contributed by atoms with Gasteiger partial charge in [-0.1, -0.05) is 23.9 Å². The van der Waals surface area contributed by atoms with Crippen LogP contribution in [-0.2, 0) is 4.79 Å². The number of anilines is 1. The normalized spacial score (nSPS) is 10.6. The van der Waals surface area contributed by atoms with Crippen LogP contribution in [0.5, 0.6) is 11.5 Å². The van der Waals surface area contributed by atoms with Crippen LogP contribution < -0.4 is 14.8 Å². The zero-order valence-corrected chi connectivity index (χ0v) is 18.4. The Bertz CT molecular complexity index is 1180. The molecule has 0 bridgehead atoms. The van der Waals surface area contributed by atoms with Gasteiger partial charge in [-0.25, -0.2) is 4.68 Å². The predicted molar refractivity (Wildman–Crippen MR) is 123 cm³/mol. The van der Waals surface area contributed by atoms with Gasteiger partial charge in [0.2, 0.25) is 5.91 Å². The minimum atomic E-state index is -0.168. The van der Waals surface area contributed by atoms with Crippen LogP contribution in [0.4, 0.5) is 5.69 Å². The number of hydrogen-bond acceptors (Lipinski definition) is 7. The minimum absolute atomic E-state index is 0.168. The van der Waals surface area contributed by atoms with E-state index in [1.807, 2.05) is 48.7 Å². The van der Waals surface area contributed by atoms with Crippen LogP contribution in [-0.4, -0.2) is 45.9 Å². The predicted octanol–water partition coefficient (Wildman–Crippen LogP) is 4.08. The molecule has 0 radical (unpaired) electrons. The lowest BCUT2D eigenvalue weighted by Crippen LogP contribution is -2.14. The number of rotatable bonds is 8. The molecule has 4 rings (SSSR count). The lowest BCUT2D eigenvalue weighted by atomic mass is 10.1. The summed E-state index contributed by atoms with van der Waals surface area (Å²) in [7, 11) is 3.12. The molecule has 0 saturated heterocycles. The molecule has 1 amide bonds. The number of carbonyl (C=O) groups excluding carboxylic acids is 1. The lowest BCUT2D eigenvalue weighted by Gasteiger charge is -2.11. The lowest BCUT2D eigenvalue weighted by molar-refractivity contribution is -0.113. The van der Waals surface area contributed by atoms with Crippen molar-refractivity contribution >= 4 is 23.4 Å². The van der Waals surface area contributed by atoms with Crippen LogP contribution in [0.1, 0.15) is 0 Å². The van der Waals surface area contributed by atoms with Gasteiger partial charge in [0.1, 0.15) is 16.5 Å². The number of nitrogens with one attached hydrogen (secondary N) is 1. The number of thioether (sulfide) groups is 1. The summed E-state index contributed by atoms with van der Waals surface area (Å²) in [4.78, 5) is 12.4. The molecule has 2 heterocycles. The smallest absolute Gasteiger partial charge is 0.234 e. The first-order valence-electron chi connectivity index (χ1n) is 9.75. The van der Waals surface area contributed by atoms with Gasteiger partial charge in [0, 0.05) is 24.0 Å². The summed E-state index contributed by atoms with van der Waals surface area (Å²) in [5.74, 6) is 1.21. The van der Waals surface area contributed by atoms with E-state index in [4.69, 9.17) is 9.47 Å². The molecule has 1 N–H and O–H groups in total. The van der Waals surface area contributed by atoms with E-state index >= 15 is 0 Å². The summed E-state index contributed by atoms with van der Waals surface area (Å²) < 4.78 is 12.3. The molecule has 0 spiro atoms. The number of methoxy groups -OCH3 is 2. The Labute approximate surface area is 189 Å². The molecule has 0 unspecified atom stereocenters. The van der Waals surface area contributed by atoms with Crippen LogP contribution in [0.15, 0.2) is 78.1 Å². The zero-order valence-electron chi connectivity index (χ0n) is 17.6. The fraction of sp³-hybridized carbons (Fsp3) is 0.130. The molecule has 162 valence electrons. The summed E-state index contributed by atoms with van der Waals surface area (Å²) in [6.45, 7) is 0. The summed E-state index contributed by atoms with van der Waals surface area (Å²) >= 11 is 1.31. The molecular weight excluding hydrogens is 426 g/mol. The maximum Gasteiger partial charge on any atom is 0.234 e. The summed E-state index contributed by atoms with van der Waals surface area (Å²) in [6, 6.07) is 18.8. The first kappa shape index (κ1) is 21.4. The standard InChI is InChI=1S/C23H21N5O3S/c1-30-18-8-9-20(21(14-18)31-2)25-22(29)15-32-23-11-10-19(26-27-23)16-4-6-17(7-5-16)28-13-3-12-24-28/h3-14H,15H2,1-2H3,(H,25,29). The molecule has 0 aliphatic carbocycles. The zero-order chi connectivity index (χ0) is 22.3. The molecule has 32 heavy (non-hydrogen) atoms. The average Bonchev–Trinajstić information content (AvgIpc) is 3.38. The highest BCUT2D eigenvalue weighted by Crippen LogP contribution is 2.29. The number of nitrogens with zero attached hydrogens (tertiary/aromatic N) is 4. The number of carbonyl (C=O) groups is 1. The molecule has 8 nitrogen and oxygen atoms in total. The Kier molecular flexibility index (Phi) is 6.66. The highest BCUT2D eigenvalue weighted by molar-refractivity contribution is 7.99. The number of amides is 1. The van der Waals surface area contributed by atoms with Crippen LogP contribution in [0.3, 0.4) is 0 Å². The van der Waals surface area contributed by atoms with E-state index in [1.165, 1.54) is 11.8 Å². The van der Waals surface area contributed by atoms with E-state index in [-0.39, 0.29) is 11.7 Å². The number of ether oxygens (including phenoxy) is 2. The fourth-order valence-electron chi connectivity index (χ4n) is 2.99. The van der Waals surface area contributed by atoms with Crippen molar-refractivity contribution in [2.75, 3.05) is 25.3 Å². The van der Waals surface area contributed by atoms with Gasteiger partial charge in [0.15, 0.2) is 0 Å². The molecule has 2 aromatic heterocycles. The molecule has 0 aliphatic rings. The van der Waals surface area contributed by atoms with Gasteiger partial charge in [-0.2, -0.15) is 5.10 Å². The highest BCUT2D eigenvalue weighted by atomic mass is 32.2. The number of benzene rings is 2. The van der Waals surface area contributed by atoms with Crippen molar-refractivity contribution in [2.24, 2.45) is 0 Å². The second-order valence-electron chi connectivity index (χ2n) is 6.66. The van der Waals surface area contributed by atoms with Crippen LogP contribution in [0.2, 0.25) is 0 Å². The van der Waals surface area contributed by atoms with Crippen LogP contribution in [0, 0.1) is 0 Å².